The average molecular weight is 377 g/mol. The largest absolute Gasteiger partial charge is 0.397 e. The van der Waals surface area contributed by atoms with Gasteiger partial charge in [-0.1, -0.05) is 48.0 Å². The lowest BCUT2D eigenvalue weighted by Gasteiger charge is -2.20. The molecule has 29 heavy (non-hydrogen) atoms. The Morgan fingerprint density at radius 3 is 2.28 bits per heavy atom. The number of nitrogens with zero attached hydrogens (tertiary/aromatic N) is 5. The zero-order valence-electron chi connectivity index (χ0n) is 15.5. The molecule has 2 aliphatic rings. The first-order valence-electron chi connectivity index (χ1n) is 8.79. The fourth-order valence-electron chi connectivity index (χ4n) is 3.25. The van der Waals surface area contributed by atoms with E-state index in [1.807, 2.05) is 67.6 Å². The third-order valence-electron chi connectivity index (χ3n) is 4.66. The molecule has 0 aliphatic carbocycles. The molecule has 2 aliphatic heterocycles. The molecule has 7 heteroatoms. The molecule has 0 radical (unpaired) electrons. The van der Waals surface area contributed by atoms with Crippen molar-refractivity contribution in [3.05, 3.63) is 76.9 Å². The van der Waals surface area contributed by atoms with Gasteiger partial charge in [0.1, 0.15) is 17.7 Å². The summed E-state index contributed by atoms with van der Waals surface area (Å²) in [5.74, 6) is 0.313. The van der Waals surface area contributed by atoms with Crippen molar-refractivity contribution in [2.24, 2.45) is 0 Å². The van der Waals surface area contributed by atoms with Gasteiger partial charge in [0.15, 0.2) is 17.0 Å². The van der Waals surface area contributed by atoms with Crippen molar-refractivity contribution in [1.82, 2.24) is 14.8 Å². The van der Waals surface area contributed by atoms with Crippen LogP contribution in [0.4, 0.5) is 5.69 Å². The average Bonchev–Trinajstić information content (AvgIpc) is 2.74. The number of anilines is 1. The Kier molecular flexibility index (Phi) is 4.27. The van der Waals surface area contributed by atoms with E-state index in [2.05, 4.69) is 16.2 Å². The maximum Gasteiger partial charge on any atom is 0.170 e. The number of nitrogen functional groups attached to an aromatic ring is 1. The second-order valence-corrected chi connectivity index (χ2v) is 6.51. The lowest BCUT2D eigenvalue weighted by atomic mass is 9.95. The van der Waals surface area contributed by atoms with E-state index in [4.69, 9.17) is 11.1 Å². The van der Waals surface area contributed by atoms with Crippen LogP contribution in [0.2, 0.25) is 0 Å². The predicted octanol–water partition coefficient (Wildman–Crippen LogP) is 3.15. The second-order valence-electron chi connectivity index (χ2n) is 6.51. The highest BCUT2D eigenvalue weighted by molar-refractivity contribution is 5.93. The summed E-state index contributed by atoms with van der Waals surface area (Å²) in [4.78, 5) is 4.32. The summed E-state index contributed by atoms with van der Waals surface area (Å²) in [7, 11) is 0. The van der Waals surface area contributed by atoms with E-state index < -0.39 is 0 Å². The van der Waals surface area contributed by atoms with Gasteiger partial charge in [-0.2, -0.15) is 15.6 Å². The van der Waals surface area contributed by atoms with Gasteiger partial charge in [0.2, 0.25) is 0 Å². The molecular weight excluding hydrogens is 362 g/mol. The Hall–Kier alpha value is -4.49. The molecule has 0 spiro atoms. The Balaban J connectivity index is 2.21. The topological polar surface area (TPSA) is 128 Å². The minimum absolute atomic E-state index is 0.0276. The first-order chi connectivity index (χ1) is 14.0. The maximum atomic E-state index is 9.84. The quantitative estimate of drug-likeness (QED) is 0.554. The lowest BCUT2D eigenvalue weighted by molar-refractivity contribution is 0.810. The Morgan fingerprint density at radius 1 is 0.966 bits per heavy atom. The number of pyridine rings is 1. The molecule has 0 unspecified atom stereocenters. The van der Waals surface area contributed by atoms with Crippen LogP contribution in [0.3, 0.4) is 0 Å². The molecule has 2 heterocycles. The molecule has 4 rings (SSSR count). The SMILES string of the molecule is Cc1ccc(-n2nc(C#N)c(-c3ccccc3)c3c(N)c(C#N)c(=N)nc2-3)cc1. The Labute approximate surface area is 166 Å². The van der Waals surface area contributed by atoms with Crippen LogP contribution >= 0.6 is 0 Å². The molecule has 0 saturated heterocycles. The summed E-state index contributed by atoms with van der Waals surface area (Å²) in [5, 5.41) is 32.0. The molecule has 0 saturated carbocycles. The zero-order chi connectivity index (χ0) is 20.5. The van der Waals surface area contributed by atoms with Crippen LogP contribution in [0.1, 0.15) is 16.8 Å². The first kappa shape index (κ1) is 17.9. The molecule has 0 atom stereocenters. The van der Waals surface area contributed by atoms with E-state index in [0.717, 1.165) is 11.1 Å². The van der Waals surface area contributed by atoms with Crippen LogP contribution in [0.25, 0.3) is 28.2 Å². The standard InChI is InChI=1S/C22H15N7/c1-13-7-9-15(10-8-13)29-22-19(20(25)16(11-23)21(26)27-22)18(17(12-24)28-29)14-5-3-2-4-6-14/h2-10,26H,25H2,1H3. The van der Waals surface area contributed by atoms with E-state index in [9.17, 15) is 10.5 Å². The number of nitrogens with two attached hydrogens (primary N) is 1. The van der Waals surface area contributed by atoms with Crippen LogP contribution in [0.15, 0.2) is 54.6 Å². The van der Waals surface area contributed by atoms with Crippen LogP contribution in [-0.2, 0) is 0 Å². The normalized spacial score (nSPS) is 10.4. The van der Waals surface area contributed by atoms with Crippen molar-refractivity contribution in [2.45, 2.75) is 6.92 Å². The van der Waals surface area contributed by atoms with Crippen molar-refractivity contribution in [2.75, 3.05) is 5.73 Å². The minimum Gasteiger partial charge on any atom is -0.397 e. The van der Waals surface area contributed by atoms with Gasteiger partial charge < -0.3 is 5.73 Å². The van der Waals surface area contributed by atoms with Crippen LogP contribution in [-0.4, -0.2) is 14.8 Å². The summed E-state index contributed by atoms with van der Waals surface area (Å²) in [6, 6.07) is 20.9. The van der Waals surface area contributed by atoms with E-state index in [-0.39, 0.29) is 22.4 Å². The summed E-state index contributed by atoms with van der Waals surface area (Å²) in [5.41, 5.74) is 9.73. The van der Waals surface area contributed by atoms with Crippen LogP contribution in [0.5, 0.6) is 0 Å². The van der Waals surface area contributed by atoms with E-state index in [1.54, 1.807) is 0 Å². The number of aromatic nitrogens is 3. The molecule has 138 valence electrons. The monoisotopic (exact) mass is 377 g/mol. The number of rotatable bonds is 2. The van der Waals surface area contributed by atoms with Gasteiger partial charge in [-0.15, -0.1) is 0 Å². The third kappa shape index (κ3) is 2.88. The van der Waals surface area contributed by atoms with Crippen LogP contribution in [0, 0.1) is 35.0 Å². The molecule has 0 aromatic heterocycles. The number of hydrogen-bond donors (Lipinski definition) is 2. The Morgan fingerprint density at radius 2 is 1.66 bits per heavy atom. The molecule has 7 nitrogen and oxygen atoms in total. The molecule has 3 N–H and O–H groups in total. The molecule has 2 aromatic carbocycles. The summed E-state index contributed by atoms with van der Waals surface area (Å²) in [6.45, 7) is 1.97. The van der Waals surface area contributed by atoms with Gasteiger partial charge in [-0.3, -0.25) is 5.41 Å². The van der Waals surface area contributed by atoms with Crippen molar-refractivity contribution in [3.8, 4) is 40.3 Å². The van der Waals surface area contributed by atoms with Gasteiger partial charge in [-0.25, -0.2) is 9.67 Å². The van der Waals surface area contributed by atoms with Gasteiger partial charge >= 0.3 is 0 Å². The van der Waals surface area contributed by atoms with E-state index in [1.165, 1.54) is 4.68 Å². The molecule has 0 amide bonds. The van der Waals surface area contributed by atoms with E-state index >= 15 is 0 Å². The van der Waals surface area contributed by atoms with E-state index in [0.29, 0.717) is 22.6 Å². The predicted molar refractivity (Wildman–Crippen MR) is 108 cm³/mol. The minimum atomic E-state index is -0.233. The third-order valence-corrected chi connectivity index (χ3v) is 4.66. The van der Waals surface area contributed by atoms with Gasteiger partial charge in [0.05, 0.1) is 16.9 Å². The number of nitriles is 2. The maximum absolute atomic E-state index is 9.84. The zero-order valence-corrected chi connectivity index (χ0v) is 15.5. The van der Waals surface area contributed by atoms with Crippen molar-refractivity contribution in [1.29, 1.82) is 15.9 Å². The van der Waals surface area contributed by atoms with Crippen molar-refractivity contribution >= 4 is 5.69 Å². The number of fused-ring (bicyclic) bond motifs is 1. The molecule has 0 bridgehead atoms. The number of nitrogens with one attached hydrogen (secondary N) is 1. The Bertz CT molecular complexity index is 1340. The fraction of sp³-hybridized carbons (Fsp3) is 0.0455. The lowest BCUT2D eigenvalue weighted by Crippen LogP contribution is -2.22. The number of benzene rings is 2. The number of hydrogen-bond acceptors (Lipinski definition) is 6. The van der Waals surface area contributed by atoms with Crippen LogP contribution < -0.4 is 11.2 Å². The van der Waals surface area contributed by atoms with Gasteiger partial charge in [0.25, 0.3) is 0 Å². The molecule has 0 fully saturated rings. The summed E-state index contributed by atoms with van der Waals surface area (Å²) >= 11 is 0. The summed E-state index contributed by atoms with van der Waals surface area (Å²) < 4.78 is 1.50. The highest BCUT2D eigenvalue weighted by atomic mass is 15.3. The fourth-order valence-corrected chi connectivity index (χ4v) is 3.25. The molecular formula is C22H15N7. The van der Waals surface area contributed by atoms with Gasteiger partial charge in [-0.05, 0) is 24.6 Å². The highest BCUT2D eigenvalue weighted by Crippen LogP contribution is 2.39. The summed E-state index contributed by atoms with van der Waals surface area (Å²) in [6.07, 6.45) is 0. The first-order valence-corrected chi connectivity index (χ1v) is 8.79. The molecule has 2 aromatic rings. The smallest absolute Gasteiger partial charge is 0.170 e. The van der Waals surface area contributed by atoms with Crippen molar-refractivity contribution in [3.63, 3.8) is 0 Å². The number of aryl methyl sites for hydroxylation is 1. The van der Waals surface area contributed by atoms with Gasteiger partial charge in [0, 0.05) is 5.56 Å². The van der Waals surface area contributed by atoms with Crippen molar-refractivity contribution < 1.29 is 0 Å². The highest BCUT2D eigenvalue weighted by Gasteiger charge is 2.26. The second kappa shape index (κ2) is 6.91.